The van der Waals surface area contributed by atoms with Crippen molar-refractivity contribution in [3.05, 3.63) is 65.0 Å². The molecule has 2 aromatic rings. The molecule has 0 saturated heterocycles. The number of hydrogen-bond donors (Lipinski definition) is 1. The summed E-state index contributed by atoms with van der Waals surface area (Å²) in [6.45, 7) is 1.28. The van der Waals surface area contributed by atoms with Crippen LogP contribution in [0.15, 0.2) is 47.6 Å². The van der Waals surface area contributed by atoms with Crippen molar-refractivity contribution in [1.82, 2.24) is 0 Å². The summed E-state index contributed by atoms with van der Waals surface area (Å²) in [5, 5.41) is 3.67. The van der Waals surface area contributed by atoms with E-state index in [2.05, 4.69) is 10.5 Å². The molecule has 2 aromatic carbocycles. The highest BCUT2D eigenvalue weighted by Crippen LogP contribution is 2.34. The van der Waals surface area contributed by atoms with Crippen molar-refractivity contribution in [2.45, 2.75) is 13.1 Å². The van der Waals surface area contributed by atoms with Crippen LogP contribution in [0.25, 0.3) is 0 Å². The first-order valence-electron chi connectivity index (χ1n) is 6.10. The lowest BCUT2D eigenvalue weighted by Gasteiger charge is -2.13. The van der Waals surface area contributed by atoms with E-state index in [-0.39, 0.29) is 5.56 Å². The van der Waals surface area contributed by atoms with Gasteiger partial charge in [0.1, 0.15) is 5.82 Å². The highest BCUT2D eigenvalue weighted by Gasteiger charge is 2.36. The first kappa shape index (κ1) is 15.0. The van der Waals surface area contributed by atoms with Gasteiger partial charge in [-0.05, 0) is 30.7 Å². The summed E-state index contributed by atoms with van der Waals surface area (Å²) in [7, 11) is 0. The number of nitrogens with one attached hydrogen (secondary N) is 1. The quantitative estimate of drug-likeness (QED) is 0.499. The standard InChI is InChI=1S/C15H12F4N2/c1-10-7-8-13(16)12(14(10)15(17,18)19)9-20-21-11-5-3-2-4-6-11/h2-9,21H,1H3. The summed E-state index contributed by atoms with van der Waals surface area (Å²) in [6, 6.07) is 10.7. The highest BCUT2D eigenvalue weighted by molar-refractivity contribution is 5.83. The number of anilines is 1. The molecule has 2 nitrogen and oxygen atoms in total. The zero-order chi connectivity index (χ0) is 15.5. The van der Waals surface area contributed by atoms with Gasteiger partial charge in [0, 0.05) is 5.56 Å². The fourth-order valence-electron chi connectivity index (χ4n) is 1.89. The molecule has 0 spiro atoms. The number of nitrogens with zero attached hydrogens (tertiary/aromatic N) is 1. The zero-order valence-corrected chi connectivity index (χ0v) is 11.1. The van der Waals surface area contributed by atoms with Crippen LogP contribution in [0.3, 0.4) is 0 Å². The summed E-state index contributed by atoms with van der Waals surface area (Å²) < 4.78 is 52.6. The third kappa shape index (κ3) is 3.59. The van der Waals surface area contributed by atoms with Gasteiger partial charge in [0.15, 0.2) is 0 Å². The van der Waals surface area contributed by atoms with Gasteiger partial charge in [-0.3, -0.25) is 5.43 Å². The third-order valence-electron chi connectivity index (χ3n) is 2.85. The van der Waals surface area contributed by atoms with Gasteiger partial charge in [0.25, 0.3) is 0 Å². The predicted octanol–water partition coefficient (Wildman–Crippen LogP) is 4.60. The fourth-order valence-corrected chi connectivity index (χ4v) is 1.89. The van der Waals surface area contributed by atoms with Crippen molar-refractivity contribution in [2.24, 2.45) is 5.10 Å². The van der Waals surface area contributed by atoms with Gasteiger partial charge in [-0.15, -0.1) is 0 Å². The lowest BCUT2D eigenvalue weighted by Crippen LogP contribution is -2.13. The Morgan fingerprint density at radius 3 is 2.33 bits per heavy atom. The molecule has 110 valence electrons. The van der Waals surface area contributed by atoms with Gasteiger partial charge in [-0.1, -0.05) is 24.3 Å². The van der Waals surface area contributed by atoms with Gasteiger partial charge in [0.05, 0.1) is 17.5 Å². The van der Waals surface area contributed by atoms with Crippen LogP contribution < -0.4 is 5.43 Å². The van der Waals surface area contributed by atoms with Crippen molar-refractivity contribution in [3.8, 4) is 0 Å². The Morgan fingerprint density at radius 2 is 1.71 bits per heavy atom. The second-order valence-corrected chi connectivity index (χ2v) is 4.39. The Morgan fingerprint density at radius 1 is 1.05 bits per heavy atom. The molecule has 0 amide bonds. The van der Waals surface area contributed by atoms with Crippen LogP contribution in [-0.4, -0.2) is 6.21 Å². The van der Waals surface area contributed by atoms with Gasteiger partial charge in [-0.2, -0.15) is 18.3 Å². The maximum Gasteiger partial charge on any atom is 0.417 e. The molecule has 0 heterocycles. The van der Waals surface area contributed by atoms with Gasteiger partial charge >= 0.3 is 6.18 Å². The molecule has 0 aliphatic rings. The summed E-state index contributed by atoms with van der Waals surface area (Å²) in [5.74, 6) is -0.966. The molecule has 2 rings (SSSR count). The first-order chi connectivity index (χ1) is 9.89. The van der Waals surface area contributed by atoms with Crippen LogP contribution >= 0.6 is 0 Å². The Kier molecular flexibility index (Phi) is 4.26. The average Bonchev–Trinajstić information content (AvgIpc) is 2.42. The Labute approximate surface area is 119 Å². The minimum absolute atomic E-state index is 0.0509. The summed E-state index contributed by atoms with van der Waals surface area (Å²) >= 11 is 0. The van der Waals surface area contributed by atoms with Crippen LogP contribution in [0.4, 0.5) is 23.2 Å². The van der Waals surface area contributed by atoms with E-state index in [0.717, 1.165) is 18.3 Å². The molecule has 21 heavy (non-hydrogen) atoms. The van der Waals surface area contributed by atoms with Crippen LogP contribution in [0.1, 0.15) is 16.7 Å². The molecule has 0 bridgehead atoms. The van der Waals surface area contributed by atoms with Crippen LogP contribution in [0.2, 0.25) is 0 Å². The lowest BCUT2D eigenvalue weighted by molar-refractivity contribution is -0.138. The van der Waals surface area contributed by atoms with Crippen molar-refractivity contribution in [1.29, 1.82) is 0 Å². The monoisotopic (exact) mass is 296 g/mol. The van der Waals surface area contributed by atoms with Crippen LogP contribution in [0, 0.1) is 12.7 Å². The molecule has 0 aromatic heterocycles. The highest BCUT2D eigenvalue weighted by atomic mass is 19.4. The van der Waals surface area contributed by atoms with E-state index in [1.165, 1.54) is 6.92 Å². The van der Waals surface area contributed by atoms with Crippen molar-refractivity contribution >= 4 is 11.9 Å². The number of hydrazone groups is 1. The zero-order valence-electron chi connectivity index (χ0n) is 11.1. The van der Waals surface area contributed by atoms with Gasteiger partial charge in [-0.25, -0.2) is 4.39 Å². The molecule has 0 saturated carbocycles. The van der Waals surface area contributed by atoms with E-state index < -0.39 is 23.1 Å². The second-order valence-electron chi connectivity index (χ2n) is 4.39. The molecular formula is C15H12F4N2. The molecule has 0 radical (unpaired) electrons. The third-order valence-corrected chi connectivity index (χ3v) is 2.85. The normalized spacial score (nSPS) is 11.9. The number of hydrogen-bond acceptors (Lipinski definition) is 2. The molecule has 1 N–H and O–H groups in total. The molecule has 0 unspecified atom stereocenters. The van der Waals surface area contributed by atoms with Gasteiger partial charge < -0.3 is 0 Å². The van der Waals surface area contributed by atoms with E-state index in [4.69, 9.17) is 0 Å². The van der Waals surface area contributed by atoms with E-state index in [1.807, 2.05) is 0 Å². The Hall–Kier alpha value is -2.37. The van der Waals surface area contributed by atoms with E-state index in [9.17, 15) is 17.6 Å². The van der Waals surface area contributed by atoms with Crippen molar-refractivity contribution in [3.63, 3.8) is 0 Å². The summed E-state index contributed by atoms with van der Waals surface area (Å²) in [6.07, 6.45) is -3.79. The number of rotatable bonds is 3. The Bertz CT molecular complexity index is 649. The van der Waals surface area contributed by atoms with Crippen LogP contribution in [-0.2, 0) is 6.18 Å². The van der Waals surface area contributed by atoms with Crippen molar-refractivity contribution in [2.75, 3.05) is 5.43 Å². The fraction of sp³-hybridized carbons (Fsp3) is 0.133. The number of alkyl halides is 3. The maximum atomic E-state index is 13.7. The van der Waals surface area contributed by atoms with E-state index in [0.29, 0.717) is 5.69 Å². The minimum Gasteiger partial charge on any atom is -0.279 e. The average molecular weight is 296 g/mol. The molecular weight excluding hydrogens is 284 g/mol. The molecule has 6 heteroatoms. The lowest BCUT2D eigenvalue weighted by atomic mass is 10.0. The maximum absolute atomic E-state index is 13.7. The summed E-state index contributed by atoms with van der Waals surface area (Å²) in [5.41, 5.74) is 1.51. The number of halogens is 4. The smallest absolute Gasteiger partial charge is 0.279 e. The van der Waals surface area contributed by atoms with Gasteiger partial charge in [0.2, 0.25) is 0 Å². The largest absolute Gasteiger partial charge is 0.417 e. The Balaban J connectivity index is 2.33. The number of benzene rings is 2. The topological polar surface area (TPSA) is 24.4 Å². The molecule has 0 atom stereocenters. The minimum atomic E-state index is -4.64. The second kappa shape index (κ2) is 5.95. The SMILES string of the molecule is Cc1ccc(F)c(C=NNc2ccccc2)c1C(F)(F)F. The molecule has 0 fully saturated rings. The first-order valence-corrected chi connectivity index (χ1v) is 6.10. The summed E-state index contributed by atoms with van der Waals surface area (Å²) in [4.78, 5) is 0. The van der Waals surface area contributed by atoms with Crippen LogP contribution in [0.5, 0.6) is 0 Å². The predicted molar refractivity (Wildman–Crippen MR) is 73.8 cm³/mol. The number of aryl methyl sites for hydroxylation is 1. The number of para-hydroxylation sites is 1. The van der Waals surface area contributed by atoms with Crippen molar-refractivity contribution < 1.29 is 17.6 Å². The van der Waals surface area contributed by atoms with E-state index >= 15 is 0 Å². The van der Waals surface area contributed by atoms with E-state index in [1.54, 1.807) is 30.3 Å². The molecule has 0 aliphatic carbocycles. The molecule has 0 aliphatic heterocycles.